The van der Waals surface area contributed by atoms with Crippen molar-refractivity contribution in [3.8, 4) is 0 Å². The standard InChI is InChI=1S/C11H16ClNS/c12-9-6-7-14-11(9)10(13)8-4-2-1-3-5-8/h6-8,10H,1-5,13H2/t10-/m0/s1. The highest BCUT2D eigenvalue weighted by Gasteiger charge is 2.23. The maximum Gasteiger partial charge on any atom is 0.0561 e. The summed E-state index contributed by atoms with van der Waals surface area (Å²) in [7, 11) is 0. The normalized spacial score (nSPS) is 21.0. The Kier molecular flexibility index (Phi) is 3.47. The highest BCUT2D eigenvalue weighted by atomic mass is 35.5. The van der Waals surface area contributed by atoms with Crippen molar-refractivity contribution in [2.75, 3.05) is 0 Å². The van der Waals surface area contributed by atoms with E-state index < -0.39 is 0 Å². The summed E-state index contributed by atoms with van der Waals surface area (Å²) in [4.78, 5) is 1.18. The molecule has 1 nitrogen and oxygen atoms in total. The minimum absolute atomic E-state index is 0.169. The number of rotatable bonds is 2. The zero-order chi connectivity index (χ0) is 9.97. The highest BCUT2D eigenvalue weighted by Crippen LogP contribution is 2.37. The smallest absolute Gasteiger partial charge is 0.0561 e. The molecule has 1 heterocycles. The van der Waals surface area contributed by atoms with Gasteiger partial charge in [0, 0.05) is 10.9 Å². The van der Waals surface area contributed by atoms with E-state index in [0.717, 1.165) is 5.02 Å². The van der Waals surface area contributed by atoms with Crippen LogP contribution in [0.4, 0.5) is 0 Å². The molecule has 1 fully saturated rings. The van der Waals surface area contributed by atoms with Gasteiger partial charge in [0.2, 0.25) is 0 Å². The van der Waals surface area contributed by atoms with Crippen LogP contribution in [0.2, 0.25) is 5.02 Å². The molecule has 14 heavy (non-hydrogen) atoms. The molecule has 2 rings (SSSR count). The van der Waals surface area contributed by atoms with Gasteiger partial charge in [0.05, 0.1) is 5.02 Å². The molecule has 3 heteroatoms. The fraction of sp³-hybridized carbons (Fsp3) is 0.636. The number of thiophene rings is 1. The second-order valence-electron chi connectivity index (χ2n) is 4.06. The summed E-state index contributed by atoms with van der Waals surface area (Å²) in [5, 5.41) is 2.88. The molecule has 78 valence electrons. The van der Waals surface area contributed by atoms with Gasteiger partial charge >= 0.3 is 0 Å². The third-order valence-corrected chi connectivity index (χ3v) is 4.57. The summed E-state index contributed by atoms with van der Waals surface area (Å²) >= 11 is 7.78. The average Bonchev–Trinajstić information content (AvgIpc) is 2.65. The first-order chi connectivity index (χ1) is 6.79. The summed E-state index contributed by atoms with van der Waals surface area (Å²) < 4.78 is 0. The number of halogens is 1. The van der Waals surface area contributed by atoms with Gasteiger partial charge in [-0.05, 0) is 30.2 Å². The van der Waals surface area contributed by atoms with E-state index in [-0.39, 0.29) is 6.04 Å². The zero-order valence-corrected chi connectivity index (χ0v) is 9.78. The molecule has 0 amide bonds. The van der Waals surface area contributed by atoms with Gasteiger partial charge in [-0.15, -0.1) is 11.3 Å². The van der Waals surface area contributed by atoms with Gasteiger partial charge in [-0.1, -0.05) is 30.9 Å². The number of nitrogens with two attached hydrogens (primary N) is 1. The lowest BCUT2D eigenvalue weighted by Crippen LogP contribution is -2.22. The van der Waals surface area contributed by atoms with Crippen LogP contribution in [0.5, 0.6) is 0 Å². The highest BCUT2D eigenvalue weighted by molar-refractivity contribution is 7.10. The van der Waals surface area contributed by atoms with Crippen LogP contribution < -0.4 is 5.73 Å². The van der Waals surface area contributed by atoms with Crippen molar-refractivity contribution >= 4 is 22.9 Å². The van der Waals surface area contributed by atoms with Crippen molar-refractivity contribution < 1.29 is 0 Å². The minimum Gasteiger partial charge on any atom is -0.323 e. The summed E-state index contributed by atoms with van der Waals surface area (Å²) in [6.45, 7) is 0. The van der Waals surface area contributed by atoms with Crippen LogP contribution in [-0.4, -0.2) is 0 Å². The van der Waals surface area contributed by atoms with Crippen molar-refractivity contribution in [2.45, 2.75) is 38.1 Å². The van der Waals surface area contributed by atoms with Gasteiger partial charge < -0.3 is 5.73 Å². The molecule has 2 N–H and O–H groups in total. The quantitative estimate of drug-likeness (QED) is 0.816. The lowest BCUT2D eigenvalue weighted by molar-refractivity contribution is 0.311. The third-order valence-electron chi connectivity index (χ3n) is 3.11. The van der Waals surface area contributed by atoms with E-state index in [1.165, 1.54) is 37.0 Å². The van der Waals surface area contributed by atoms with Crippen LogP contribution in [0, 0.1) is 5.92 Å². The first-order valence-corrected chi connectivity index (χ1v) is 6.53. The fourth-order valence-electron chi connectivity index (χ4n) is 2.25. The second kappa shape index (κ2) is 4.65. The van der Waals surface area contributed by atoms with Crippen molar-refractivity contribution in [3.05, 3.63) is 21.3 Å². The minimum atomic E-state index is 0.169. The predicted molar refractivity (Wildman–Crippen MR) is 62.8 cm³/mol. The molecule has 1 aromatic heterocycles. The van der Waals surface area contributed by atoms with E-state index >= 15 is 0 Å². The lowest BCUT2D eigenvalue weighted by Gasteiger charge is -2.26. The molecule has 0 aliphatic heterocycles. The summed E-state index contributed by atoms with van der Waals surface area (Å²) in [6, 6.07) is 2.12. The Bertz CT molecular complexity index is 291. The Hall–Kier alpha value is -0.0500. The third kappa shape index (κ3) is 2.13. The van der Waals surface area contributed by atoms with Gasteiger partial charge in [0.25, 0.3) is 0 Å². The molecule has 1 aromatic rings. The Labute approximate surface area is 94.3 Å². The predicted octanol–water partition coefficient (Wildman–Crippen LogP) is 3.98. The molecule has 0 aromatic carbocycles. The maximum absolute atomic E-state index is 6.24. The van der Waals surface area contributed by atoms with Gasteiger partial charge in [0.15, 0.2) is 0 Å². The monoisotopic (exact) mass is 229 g/mol. The topological polar surface area (TPSA) is 26.0 Å². The molecule has 0 saturated heterocycles. The van der Waals surface area contributed by atoms with Gasteiger partial charge in [-0.3, -0.25) is 0 Å². The van der Waals surface area contributed by atoms with E-state index in [1.807, 2.05) is 11.4 Å². The van der Waals surface area contributed by atoms with Gasteiger partial charge in [-0.2, -0.15) is 0 Å². The summed E-state index contributed by atoms with van der Waals surface area (Å²) in [5.74, 6) is 0.653. The lowest BCUT2D eigenvalue weighted by atomic mass is 9.84. The van der Waals surface area contributed by atoms with Gasteiger partial charge in [0.1, 0.15) is 0 Å². The van der Waals surface area contributed by atoms with Crippen LogP contribution in [0.15, 0.2) is 11.4 Å². The van der Waals surface area contributed by atoms with Crippen LogP contribution >= 0.6 is 22.9 Å². The van der Waals surface area contributed by atoms with Crippen molar-refractivity contribution in [1.82, 2.24) is 0 Å². The van der Waals surface area contributed by atoms with Crippen molar-refractivity contribution in [1.29, 1.82) is 0 Å². The summed E-state index contributed by atoms with van der Waals surface area (Å²) in [6.07, 6.45) is 6.59. The zero-order valence-electron chi connectivity index (χ0n) is 8.21. The molecule has 1 atom stereocenters. The molecule has 1 aliphatic carbocycles. The average molecular weight is 230 g/mol. The Morgan fingerprint density at radius 3 is 2.64 bits per heavy atom. The molecule has 1 saturated carbocycles. The largest absolute Gasteiger partial charge is 0.323 e. The first-order valence-electron chi connectivity index (χ1n) is 5.27. The molecule has 0 unspecified atom stereocenters. The first kappa shape index (κ1) is 10.5. The van der Waals surface area contributed by atoms with Crippen LogP contribution in [0.3, 0.4) is 0 Å². The Morgan fingerprint density at radius 2 is 2.07 bits per heavy atom. The molecule has 0 spiro atoms. The van der Waals surface area contributed by atoms with E-state index in [0.29, 0.717) is 5.92 Å². The maximum atomic E-state index is 6.24. The van der Waals surface area contributed by atoms with Crippen molar-refractivity contribution in [3.63, 3.8) is 0 Å². The fourth-order valence-corrected chi connectivity index (χ4v) is 3.53. The van der Waals surface area contributed by atoms with E-state index in [1.54, 1.807) is 11.3 Å². The SMILES string of the molecule is N[C@H](c1sccc1Cl)C1CCCCC1. The Morgan fingerprint density at radius 1 is 1.36 bits per heavy atom. The van der Waals surface area contributed by atoms with E-state index in [9.17, 15) is 0 Å². The molecule has 0 radical (unpaired) electrons. The molecular formula is C11H16ClNS. The van der Waals surface area contributed by atoms with Crippen LogP contribution in [-0.2, 0) is 0 Å². The van der Waals surface area contributed by atoms with Crippen molar-refractivity contribution in [2.24, 2.45) is 11.7 Å². The van der Waals surface area contributed by atoms with Gasteiger partial charge in [-0.25, -0.2) is 0 Å². The van der Waals surface area contributed by atoms with E-state index in [4.69, 9.17) is 17.3 Å². The Balaban J connectivity index is 2.07. The summed E-state index contributed by atoms with van der Waals surface area (Å²) in [5.41, 5.74) is 6.24. The van der Waals surface area contributed by atoms with E-state index in [2.05, 4.69) is 0 Å². The number of hydrogen-bond acceptors (Lipinski definition) is 2. The van der Waals surface area contributed by atoms with Crippen LogP contribution in [0.1, 0.15) is 43.0 Å². The molecular weight excluding hydrogens is 214 g/mol. The number of hydrogen-bond donors (Lipinski definition) is 1. The molecule has 1 aliphatic rings. The molecule has 0 bridgehead atoms. The van der Waals surface area contributed by atoms with Crippen LogP contribution in [0.25, 0.3) is 0 Å². The second-order valence-corrected chi connectivity index (χ2v) is 5.41.